The van der Waals surface area contributed by atoms with Crippen molar-refractivity contribution in [3.8, 4) is 0 Å². The normalized spacial score (nSPS) is 18.8. The van der Waals surface area contributed by atoms with E-state index in [2.05, 4.69) is 6.07 Å². The van der Waals surface area contributed by atoms with Crippen LogP contribution in [0.15, 0.2) is 48.5 Å². The summed E-state index contributed by atoms with van der Waals surface area (Å²) in [5.74, 6) is -0.151. The lowest BCUT2D eigenvalue weighted by Gasteiger charge is -2.42. The molecule has 1 fully saturated rings. The monoisotopic (exact) mass is 397 g/mol. The quantitative estimate of drug-likeness (QED) is 0.863. The van der Waals surface area contributed by atoms with Gasteiger partial charge >= 0.3 is 12.1 Å². The Labute approximate surface area is 169 Å². The number of fused-ring (bicyclic) bond motifs is 1. The van der Waals surface area contributed by atoms with Crippen molar-refractivity contribution in [1.82, 2.24) is 14.7 Å². The minimum absolute atomic E-state index is 0.0948. The molecule has 1 N–H and O–H groups in total. The molecule has 4 rings (SSSR count). The zero-order valence-corrected chi connectivity index (χ0v) is 16.3. The van der Waals surface area contributed by atoms with E-state index in [4.69, 9.17) is 5.11 Å². The van der Waals surface area contributed by atoms with Crippen LogP contribution in [0.4, 0.5) is 14.0 Å². The summed E-state index contributed by atoms with van der Waals surface area (Å²) in [5.41, 5.74) is 3.14. The zero-order valence-electron chi connectivity index (χ0n) is 16.3. The number of halogens is 1. The van der Waals surface area contributed by atoms with Crippen molar-refractivity contribution in [3.63, 3.8) is 0 Å². The molecule has 0 saturated carbocycles. The van der Waals surface area contributed by atoms with Gasteiger partial charge in [0, 0.05) is 39.1 Å². The molecule has 0 aliphatic carbocycles. The number of nitrogens with zero attached hydrogens (tertiary/aromatic N) is 3. The highest BCUT2D eigenvalue weighted by Crippen LogP contribution is 2.36. The first-order chi connectivity index (χ1) is 13.9. The smallest absolute Gasteiger partial charge is 0.407 e. The summed E-state index contributed by atoms with van der Waals surface area (Å²) in [4.78, 5) is 29.1. The maximum atomic E-state index is 13.5. The van der Waals surface area contributed by atoms with Crippen LogP contribution in [0.25, 0.3) is 0 Å². The Morgan fingerprint density at radius 3 is 2.52 bits per heavy atom. The van der Waals surface area contributed by atoms with Crippen LogP contribution in [0.5, 0.6) is 0 Å². The number of hydrogen-bond acceptors (Lipinski definition) is 2. The number of benzene rings is 2. The van der Waals surface area contributed by atoms with Gasteiger partial charge in [-0.05, 0) is 35.2 Å². The highest BCUT2D eigenvalue weighted by atomic mass is 19.1. The number of carbonyl (C=O) groups excluding carboxylic acids is 1. The summed E-state index contributed by atoms with van der Waals surface area (Å²) in [5, 5.41) is 8.98. The summed E-state index contributed by atoms with van der Waals surface area (Å²) in [6.07, 6.45) is -0.150. The Bertz CT molecular complexity index is 912. The maximum absolute atomic E-state index is 13.5. The van der Waals surface area contributed by atoms with Gasteiger partial charge in [0.05, 0.1) is 6.04 Å². The van der Waals surface area contributed by atoms with Crippen LogP contribution < -0.4 is 0 Å². The van der Waals surface area contributed by atoms with E-state index in [0.29, 0.717) is 26.2 Å². The maximum Gasteiger partial charge on any atom is 0.407 e. The van der Waals surface area contributed by atoms with Crippen molar-refractivity contribution in [1.29, 1.82) is 0 Å². The highest BCUT2D eigenvalue weighted by Gasteiger charge is 2.36. The van der Waals surface area contributed by atoms with Crippen molar-refractivity contribution in [2.45, 2.75) is 12.5 Å². The number of carbonyl (C=O) groups is 2. The topological polar surface area (TPSA) is 64.1 Å². The van der Waals surface area contributed by atoms with Crippen molar-refractivity contribution in [2.24, 2.45) is 5.92 Å². The van der Waals surface area contributed by atoms with Crippen LogP contribution in [0.1, 0.15) is 22.7 Å². The third-order valence-corrected chi connectivity index (χ3v) is 5.80. The molecule has 29 heavy (non-hydrogen) atoms. The lowest BCUT2D eigenvalue weighted by Crippen LogP contribution is -2.55. The van der Waals surface area contributed by atoms with E-state index in [1.54, 1.807) is 24.1 Å². The Hall–Kier alpha value is -3.09. The molecule has 2 heterocycles. The molecule has 0 bridgehead atoms. The second kappa shape index (κ2) is 7.73. The molecule has 1 unspecified atom stereocenters. The highest BCUT2D eigenvalue weighted by molar-refractivity contribution is 5.76. The lowest BCUT2D eigenvalue weighted by molar-refractivity contribution is 0.0658. The molecule has 2 aliphatic rings. The third-order valence-electron chi connectivity index (χ3n) is 5.80. The van der Waals surface area contributed by atoms with Crippen LogP contribution in [0.2, 0.25) is 0 Å². The van der Waals surface area contributed by atoms with E-state index in [9.17, 15) is 14.0 Å². The van der Waals surface area contributed by atoms with Crippen LogP contribution in [-0.2, 0) is 6.42 Å². The van der Waals surface area contributed by atoms with Gasteiger partial charge in [-0.1, -0.05) is 36.4 Å². The largest absolute Gasteiger partial charge is 0.465 e. The number of urea groups is 1. The van der Waals surface area contributed by atoms with Gasteiger partial charge in [-0.3, -0.25) is 0 Å². The van der Waals surface area contributed by atoms with Crippen LogP contribution in [-0.4, -0.2) is 65.2 Å². The van der Waals surface area contributed by atoms with E-state index >= 15 is 0 Å². The molecule has 2 aliphatic heterocycles. The van der Waals surface area contributed by atoms with Gasteiger partial charge in [0.15, 0.2) is 0 Å². The Balaban J connectivity index is 1.55. The summed E-state index contributed by atoms with van der Waals surface area (Å²) in [6, 6.07) is 14.0. The SMILES string of the molecule is CN(CC1CN(C(=O)O)C1)C(=O)N1CCc2ccccc2C1c1ccc(F)cc1. The molecule has 7 heteroatoms. The van der Waals surface area contributed by atoms with E-state index in [1.165, 1.54) is 22.6 Å². The predicted octanol–water partition coefficient (Wildman–Crippen LogP) is 3.43. The average Bonchev–Trinajstić information content (AvgIpc) is 2.69. The Kier molecular flexibility index (Phi) is 5.13. The fourth-order valence-corrected chi connectivity index (χ4v) is 4.30. The summed E-state index contributed by atoms with van der Waals surface area (Å²) in [6.45, 7) is 2.00. The second-order valence-electron chi connectivity index (χ2n) is 7.81. The summed E-state index contributed by atoms with van der Waals surface area (Å²) in [7, 11) is 1.76. The molecular formula is C22H24FN3O3. The second-order valence-corrected chi connectivity index (χ2v) is 7.81. The standard InChI is InChI=1S/C22H24FN3O3/c1-24(12-15-13-25(14-15)22(28)29)21(27)26-11-10-16-4-2-3-5-19(16)20(26)17-6-8-18(23)9-7-17/h2-9,15,20H,10-14H2,1H3,(H,28,29). The Morgan fingerprint density at radius 1 is 1.14 bits per heavy atom. The fourth-order valence-electron chi connectivity index (χ4n) is 4.30. The number of hydrogen-bond donors (Lipinski definition) is 1. The van der Waals surface area contributed by atoms with Crippen molar-refractivity contribution in [3.05, 3.63) is 71.0 Å². The summed E-state index contributed by atoms with van der Waals surface area (Å²) < 4.78 is 13.5. The van der Waals surface area contributed by atoms with Crippen LogP contribution in [0, 0.1) is 11.7 Å². The molecule has 2 aromatic carbocycles. The molecular weight excluding hydrogens is 373 g/mol. The number of rotatable bonds is 3. The number of carboxylic acid groups (broad SMARTS) is 1. The first-order valence-corrected chi connectivity index (χ1v) is 9.77. The van der Waals surface area contributed by atoms with Gasteiger partial charge < -0.3 is 19.8 Å². The minimum atomic E-state index is -0.917. The van der Waals surface area contributed by atoms with E-state index in [0.717, 1.165) is 17.5 Å². The Morgan fingerprint density at radius 2 is 1.83 bits per heavy atom. The molecule has 1 saturated heterocycles. The minimum Gasteiger partial charge on any atom is -0.465 e. The molecule has 2 aromatic rings. The molecule has 152 valence electrons. The van der Waals surface area contributed by atoms with Crippen LogP contribution in [0.3, 0.4) is 0 Å². The first-order valence-electron chi connectivity index (χ1n) is 9.77. The third kappa shape index (κ3) is 3.77. The summed E-state index contributed by atoms with van der Waals surface area (Å²) >= 11 is 0. The predicted molar refractivity (Wildman–Crippen MR) is 106 cm³/mol. The van der Waals surface area contributed by atoms with Gasteiger partial charge in [0.25, 0.3) is 0 Å². The van der Waals surface area contributed by atoms with Crippen LogP contribution >= 0.6 is 0 Å². The first kappa shape index (κ1) is 19.2. The fraction of sp³-hybridized carbons (Fsp3) is 0.364. The van der Waals surface area contributed by atoms with Gasteiger partial charge in [-0.15, -0.1) is 0 Å². The van der Waals surface area contributed by atoms with Crippen molar-refractivity contribution in [2.75, 3.05) is 33.2 Å². The average molecular weight is 397 g/mol. The van der Waals surface area contributed by atoms with E-state index in [1.807, 2.05) is 23.1 Å². The zero-order chi connectivity index (χ0) is 20.5. The molecule has 3 amide bonds. The molecule has 1 atom stereocenters. The van der Waals surface area contributed by atoms with Gasteiger partial charge in [-0.2, -0.15) is 0 Å². The molecule has 6 nitrogen and oxygen atoms in total. The van der Waals surface area contributed by atoms with Gasteiger partial charge in [-0.25, -0.2) is 14.0 Å². The van der Waals surface area contributed by atoms with Gasteiger partial charge in [0.2, 0.25) is 0 Å². The lowest BCUT2D eigenvalue weighted by atomic mass is 9.88. The molecule has 0 radical (unpaired) electrons. The van der Waals surface area contributed by atoms with E-state index in [-0.39, 0.29) is 23.8 Å². The van der Waals surface area contributed by atoms with Crippen molar-refractivity contribution >= 4 is 12.1 Å². The number of likely N-dealkylation sites (tertiary alicyclic amines) is 1. The van der Waals surface area contributed by atoms with E-state index < -0.39 is 6.09 Å². The van der Waals surface area contributed by atoms with Gasteiger partial charge in [0.1, 0.15) is 5.82 Å². The molecule has 0 spiro atoms. The van der Waals surface area contributed by atoms with Crippen molar-refractivity contribution < 1.29 is 19.1 Å². The molecule has 0 aromatic heterocycles. The number of amides is 3.